The monoisotopic (exact) mass is 291 g/mol. The molecule has 0 aliphatic carbocycles. The molecule has 114 valence electrons. The van der Waals surface area contributed by atoms with Gasteiger partial charge in [-0.3, -0.25) is 14.5 Å². The summed E-state index contributed by atoms with van der Waals surface area (Å²) in [5.41, 5.74) is 6.30. The Labute approximate surface area is 124 Å². The Balaban J connectivity index is 2.31. The van der Waals surface area contributed by atoms with E-state index < -0.39 is 0 Å². The van der Waals surface area contributed by atoms with Crippen molar-refractivity contribution in [2.45, 2.75) is 13.0 Å². The first-order valence-corrected chi connectivity index (χ1v) is 6.93. The summed E-state index contributed by atoms with van der Waals surface area (Å²) in [5, 5.41) is 0. The molecule has 2 amide bonds. The van der Waals surface area contributed by atoms with Crippen LogP contribution in [-0.4, -0.2) is 54.9 Å². The minimum atomic E-state index is -0.369. The maximum Gasteiger partial charge on any atom is 0.231 e. The molecule has 1 saturated heterocycles. The third-order valence-corrected chi connectivity index (χ3v) is 3.79. The van der Waals surface area contributed by atoms with Gasteiger partial charge in [-0.05, 0) is 6.07 Å². The number of nitrogens with zero attached hydrogens (tertiary/aromatic N) is 2. The highest BCUT2D eigenvalue weighted by Crippen LogP contribution is 2.31. The van der Waals surface area contributed by atoms with Gasteiger partial charge >= 0.3 is 0 Å². The Hall–Kier alpha value is -2.08. The lowest BCUT2D eigenvalue weighted by Gasteiger charge is -2.41. The van der Waals surface area contributed by atoms with E-state index in [0.717, 1.165) is 11.3 Å². The van der Waals surface area contributed by atoms with Gasteiger partial charge in [-0.1, -0.05) is 18.2 Å². The molecule has 1 aromatic rings. The highest BCUT2D eigenvalue weighted by molar-refractivity contribution is 5.76. The lowest BCUT2D eigenvalue weighted by Crippen LogP contribution is -2.51. The molecule has 0 radical (unpaired) electrons. The molecular weight excluding hydrogens is 270 g/mol. The fourth-order valence-electron chi connectivity index (χ4n) is 2.73. The van der Waals surface area contributed by atoms with Gasteiger partial charge in [-0.25, -0.2) is 0 Å². The number of rotatable bonds is 4. The summed E-state index contributed by atoms with van der Waals surface area (Å²) in [6.45, 7) is 3.49. The third kappa shape index (κ3) is 3.52. The second kappa shape index (κ2) is 6.58. The first-order valence-electron chi connectivity index (χ1n) is 6.93. The van der Waals surface area contributed by atoms with E-state index >= 15 is 0 Å². The number of primary amides is 1. The molecule has 1 aliphatic rings. The molecule has 6 nitrogen and oxygen atoms in total. The molecule has 0 bridgehead atoms. The summed E-state index contributed by atoms with van der Waals surface area (Å²) in [4.78, 5) is 26.7. The standard InChI is InChI=1S/C15H21N3O3/c1-11(19)17-7-8-18(10-15(16)20)13(9-17)12-5-3-4-6-14(12)21-2/h3-6,13H,7-10H2,1-2H3,(H2,16,20)/t13-/m1/s1. The summed E-state index contributed by atoms with van der Waals surface area (Å²) in [6, 6.07) is 7.57. The number of hydrogen-bond acceptors (Lipinski definition) is 4. The topological polar surface area (TPSA) is 75.9 Å². The number of benzene rings is 1. The number of amides is 2. The second-order valence-corrected chi connectivity index (χ2v) is 5.16. The van der Waals surface area contributed by atoms with Gasteiger partial charge in [-0.15, -0.1) is 0 Å². The van der Waals surface area contributed by atoms with Crippen LogP contribution in [0.1, 0.15) is 18.5 Å². The highest BCUT2D eigenvalue weighted by atomic mass is 16.5. The number of piperazine rings is 1. The van der Waals surface area contributed by atoms with Crippen LogP contribution in [0.2, 0.25) is 0 Å². The molecule has 0 unspecified atom stereocenters. The second-order valence-electron chi connectivity index (χ2n) is 5.16. The summed E-state index contributed by atoms with van der Waals surface area (Å²) in [7, 11) is 1.61. The minimum Gasteiger partial charge on any atom is -0.496 e. The van der Waals surface area contributed by atoms with Gasteiger partial charge in [0.25, 0.3) is 0 Å². The summed E-state index contributed by atoms with van der Waals surface area (Å²) < 4.78 is 5.40. The van der Waals surface area contributed by atoms with Crippen LogP contribution in [0.3, 0.4) is 0 Å². The molecule has 2 N–H and O–H groups in total. The Morgan fingerprint density at radius 3 is 2.67 bits per heavy atom. The van der Waals surface area contributed by atoms with Crippen LogP contribution in [0, 0.1) is 0 Å². The zero-order chi connectivity index (χ0) is 15.4. The van der Waals surface area contributed by atoms with E-state index in [-0.39, 0.29) is 24.4 Å². The fraction of sp³-hybridized carbons (Fsp3) is 0.467. The van der Waals surface area contributed by atoms with Crippen molar-refractivity contribution in [1.82, 2.24) is 9.80 Å². The number of para-hydroxylation sites is 1. The molecule has 1 aromatic carbocycles. The molecule has 0 aromatic heterocycles. The highest BCUT2D eigenvalue weighted by Gasteiger charge is 2.31. The zero-order valence-corrected chi connectivity index (χ0v) is 12.4. The van der Waals surface area contributed by atoms with Gasteiger partial charge in [-0.2, -0.15) is 0 Å². The van der Waals surface area contributed by atoms with Crippen LogP contribution in [-0.2, 0) is 9.59 Å². The maximum atomic E-state index is 11.6. The Bertz CT molecular complexity index is 533. The van der Waals surface area contributed by atoms with Crippen molar-refractivity contribution in [2.24, 2.45) is 5.73 Å². The van der Waals surface area contributed by atoms with Crippen LogP contribution in [0.4, 0.5) is 0 Å². The number of carbonyl (C=O) groups is 2. The quantitative estimate of drug-likeness (QED) is 0.870. The minimum absolute atomic E-state index is 0.0358. The Morgan fingerprint density at radius 2 is 2.05 bits per heavy atom. The number of nitrogens with two attached hydrogens (primary N) is 1. The van der Waals surface area contributed by atoms with E-state index in [1.807, 2.05) is 29.2 Å². The first-order chi connectivity index (χ1) is 10.0. The third-order valence-electron chi connectivity index (χ3n) is 3.79. The van der Waals surface area contributed by atoms with Gasteiger partial charge < -0.3 is 15.4 Å². The molecule has 0 saturated carbocycles. The lowest BCUT2D eigenvalue weighted by atomic mass is 10.0. The van der Waals surface area contributed by atoms with Gasteiger partial charge in [0, 0.05) is 32.1 Å². The molecule has 6 heteroatoms. The molecule has 1 fully saturated rings. The van der Waals surface area contributed by atoms with Gasteiger partial charge in [0.15, 0.2) is 0 Å². The van der Waals surface area contributed by atoms with E-state index in [1.54, 1.807) is 18.9 Å². The van der Waals surface area contributed by atoms with Crippen molar-refractivity contribution in [1.29, 1.82) is 0 Å². The van der Waals surface area contributed by atoms with Crippen molar-refractivity contribution < 1.29 is 14.3 Å². The predicted octanol–water partition coefficient (Wildman–Crippen LogP) is 0.386. The van der Waals surface area contributed by atoms with Gasteiger partial charge in [0.05, 0.1) is 19.7 Å². The number of methoxy groups -OCH3 is 1. The molecule has 2 rings (SSSR count). The predicted molar refractivity (Wildman–Crippen MR) is 78.8 cm³/mol. The smallest absolute Gasteiger partial charge is 0.231 e. The lowest BCUT2D eigenvalue weighted by molar-refractivity contribution is -0.132. The first kappa shape index (κ1) is 15.3. The van der Waals surface area contributed by atoms with Crippen LogP contribution >= 0.6 is 0 Å². The van der Waals surface area contributed by atoms with Crippen LogP contribution in [0.25, 0.3) is 0 Å². The van der Waals surface area contributed by atoms with E-state index in [2.05, 4.69) is 0 Å². The van der Waals surface area contributed by atoms with Crippen molar-refractivity contribution in [3.63, 3.8) is 0 Å². The van der Waals surface area contributed by atoms with Crippen molar-refractivity contribution in [3.8, 4) is 5.75 Å². The Kier molecular flexibility index (Phi) is 4.80. The zero-order valence-electron chi connectivity index (χ0n) is 12.4. The average Bonchev–Trinajstić information content (AvgIpc) is 2.46. The molecule has 21 heavy (non-hydrogen) atoms. The van der Waals surface area contributed by atoms with Crippen LogP contribution in [0.15, 0.2) is 24.3 Å². The van der Waals surface area contributed by atoms with Gasteiger partial charge in [0.2, 0.25) is 11.8 Å². The maximum absolute atomic E-state index is 11.6. The van der Waals surface area contributed by atoms with Crippen molar-refractivity contribution in [3.05, 3.63) is 29.8 Å². The largest absolute Gasteiger partial charge is 0.496 e. The van der Waals surface area contributed by atoms with Crippen LogP contribution < -0.4 is 10.5 Å². The van der Waals surface area contributed by atoms with E-state index in [9.17, 15) is 9.59 Å². The molecule has 1 atom stereocenters. The summed E-state index contributed by atoms with van der Waals surface area (Å²) >= 11 is 0. The normalized spacial score (nSPS) is 19.3. The molecule has 1 heterocycles. The summed E-state index contributed by atoms with van der Waals surface area (Å²) in [5.74, 6) is 0.419. The van der Waals surface area contributed by atoms with Crippen LogP contribution in [0.5, 0.6) is 5.75 Å². The molecule has 0 spiro atoms. The number of carbonyl (C=O) groups excluding carboxylic acids is 2. The van der Waals surface area contributed by atoms with Crippen molar-refractivity contribution in [2.75, 3.05) is 33.3 Å². The van der Waals surface area contributed by atoms with Gasteiger partial charge in [0.1, 0.15) is 5.75 Å². The Morgan fingerprint density at radius 1 is 1.33 bits per heavy atom. The summed E-state index contributed by atoms with van der Waals surface area (Å²) in [6.07, 6.45) is 0. The SMILES string of the molecule is COc1ccccc1[C@H]1CN(C(C)=O)CCN1CC(N)=O. The average molecular weight is 291 g/mol. The van der Waals surface area contributed by atoms with E-state index in [4.69, 9.17) is 10.5 Å². The van der Waals surface area contributed by atoms with E-state index in [0.29, 0.717) is 19.6 Å². The fourth-order valence-corrected chi connectivity index (χ4v) is 2.73. The van der Waals surface area contributed by atoms with E-state index in [1.165, 1.54) is 0 Å². The molecule has 1 aliphatic heterocycles. The van der Waals surface area contributed by atoms with Crippen molar-refractivity contribution >= 4 is 11.8 Å². The molecular formula is C15H21N3O3. The number of hydrogen-bond donors (Lipinski definition) is 1. The number of ether oxygens (including phenoxy) is 1.